The molecule has 2 aromatic carbocycles. The fraction of sp³-hybridized carbons (Fsp3) is 0.143. The number of hydrogen-bond acceptors (Lipinski definition) is 1. The van der Waals surface area contributed by atoms with Crippen LogP contribution in [-0.2, 0) is 0 Å². The van der Waals surface area contributed by atoms with Gasteiger partial charge in [0.1, 0.15) is 6.10 Å². The summed E-state index contributed by atoms with van der Waals surface area (Å²) >= 11 is 9.41. The van der Waals surface area contributed by atoms with Crippen molar-refractivity contribution in [1.82, 2.24) is 0 Å². The van der Waals surface area contributed by atoms with Crippen LogP contribution in [0, 0.1) is 6.92 Å². The van der Waals surface area contributed by atoms with Crippen LogP contribution >= 0.6 is 27.5 Å². The minimum atomic E-state index is -0.663. The molecule has 1 nitrogen and oxygen atoms in total. The maximum atomic E-state index is 10.4. The monoisotopic (exact) mass is 310 g/mol. The van der Waals surface area contributed by atoms with Gasteiger partial charge in [0.25, 0.3) is 0 Å². The van der Waals surface area contributed by atoms with Gasteiger partial charge in [-0.25, -0.2) is 0 Å². The van der Waals surface area contributed by atoms with E-state index in [1.165, 1.54) is 0 Å². The number of hydrogen-bond donors (Lipinski definition) is 1. The lowest BCUT2D eigenvalue weighted by Gasteiger charge is -2.15. The average Bonchev–Trinajstić information content (AvgIpc) is 2.32. The van der Waals surface area contributed by atoms with E-state index in [1.807, 2.05) is 43.3 Å². The first kappa shape index (κ1) is 12.6. The van der Waals surface area contributed by atoms with Crippen LogP contribution in [0.3, 0.4) is 0 Å². The minimum absolute atomic E-state index is 0.636. The molecule has 0 radical (unpaired) electrons. The van der Waals surface area contributed by atoms with Crippen molar-refractivity contribution in [3.63, 3.8) is 0 Å². The molecule has 1 atom stereocenters. The van der Waals surface area contributed by atoms with Gasteiger partial charge in [-0.3, -0.25) is 0 Å². The fourth-order valence-electron chi connectivity index (χ4n) is 1.77. The predicted octanol–water partition coefficient (Wildman–Crippen LogP) is 4.49. The highest BCUT2D eigenvalue weighted by atomic mass is 79.9. The molecule has 0 aliphatic heterocycles. The summed E-state index contributed by atoms with van der Waals surface area (Å²) in [7, 11) is 0. The highest BCUT2D eigenvalue weighted by Crippen LogP contribution is 2.31. The fourth-order valence-corrected chi connectivity index (χ4v) is 2.45. The first-order chi connectivity index (χ1) is 8.09. The Morgan fingerprint density at radius 1 is 1.12 bits per heavy atom. The Bertz CT molecular complexity index is 539. The molecule has 0 aromatic heterocycles. The highest BCUT2D eigenvalue weighted by Gasteiger charge is 2.15. The quantitative estimate of drug-likeness (QED) is 0.866. The lowest BCUT2D eigenvalue weighted by Crippen LogP contribution is -2.02. The van der Waals surface area contributed by atoms with Gasteiger partial charge in [0.15, 0.2) is 0 Å². The second-order valence-corrected chi connectivity index (χ2v) is 5.22. The van der Waals surface area contributed by atoms with Gasteiger partial charge in [-0.15, -0.1) is 0 Å². The smallest absolute Gasteiger partial charge is 0.105 e. The Hall–Kier alpha value is -0.830. The molecule has 0 aliphatic rings. The molecule has 0 spiro atoms. The Balaban J connectivity index is 2.47. The van der Waals surface area contributed by atoms with E-state index in [1.54, 1.807) is 6.07 Å². The lowest BCUT2D eigenvalue weighted by atomic mass is 9.98. The Morgan fingerprint density at radius 2 is 1.82 bits per heavy atom. The Morgan fingerprint density at radius 3 is 2.53 bits per heavy atom. The van der Waals surface area contributed by atoms with Gasteiger partial charge in [-0.05, 0) is 41.8 Å². The topological polar surface area (TPSA) is 20.2 Å². The molecule has 88 valence electrons. The molecule has 2 rings (SSSR count). The van der Waals surface area contributed by atoms with E-state index in [0.717, 1.165) is 21.2 Å². The summed E-state index contributed by atoms with van der Waals surface area (Å²) in [6.07, 6.45) is -0.663. The first-order valence-corrected chi connectivity index (χ1v) is 6.45. The third-order valence-corrected chi connectivity index (χ3v) is 3.69. The molecule has 0 heterocycles. The number of halogens is 2. The Labute approximate surface area is 114 Å². The van der Waals surface area contributed by atoms with E-state index in [-0.39, 0.29) is 0 Å². The largest absolute Gasteiger partial charge is 0.384 e. The summed E-state index contributed by atoms with van der Waals surface area (Å²) in [5.41, 5.74) is 2.71. The zero-order chi connectivity index (χ0) is 12.4. The van der Waals surface area contributed by atoms with Crippen molar-refractivity contribution in [2.75, 3.05) is 0 Å². The molecule has 2 aromatic rings. The van der Waals surface area contributed by atoms with Gasteiger partial charge in [0.05, 0.1) is 0 Å². The molecule has 0 saturated carbocycles. The summed E-state index contributed by atoms with van der Waals surface area (Å²) in [4.78, 5) is 0. The molecular formula is C14H12BrClO. The predicted molar refractivity (Wildman–Crippen MR) is 74.4 cm³/mol. The zero-order valence-electron chi connectivity index (χ0n) is 9.32. The molecule has 0 saturated heterocycles. The number of aliphatic hydroxyl groups excluding tert-OH is 1. The van der Waals surface area contributed by atoms with Crippen molar-refractivity contribution in [2.24, 2.45) is 0 Å². The van der Waals surface area contributed by atoms with Crippen molar-refractivity contribution in [1.29, 1.82) is 0 Å². The van der Waals surface area contributed by atoms with Crippen LogP contribution < -0.4 is 0 Å². The minimum Gasteiger partial charge on any atom is -0.384 e. The zero-order valence-corrected chi connectivity index (χ0v) is 11.7. The van der Waals surface area contributed by atoms with Crippen LogP contribution in [-0.4, -0.2) is 5.11 Å². The number of aliphatic hydroxyl groups is 1. The van der Waals surface area contributed by atoms with E-state index in [0.29, 0.717) is 5.02 Å². The van der Waals surface area contributed by atoms with E-state index in [2.05, 4.69) is 15.9 Å². The van der Waals surface area contributed by atoms with Crippen LogP contribution in [0.2, 0.25) is 5.02 Å². The van der Waals surface area contributed by atoms with Crippen molar-refractivity contribution < 1.29 is 5.11 Å². The normalized spacial score (nSPS) is 12.5. The summed E-state index contributed by atoms with van der Waals surface area (Å²) in [5, 5.41) is 11.0. The van der Waals surface area contributed by atoms with Gasteiger partial charge >= 0.3 is 0 Å². The maximum absolute atomic E-state index is 10.4. The third-order valence-electron chi connectivity index (χ3n) is 2.74. The van der Waals surface area contributed by atoms with Crippen LogP contribution in [0.25, 0.3) is 0 Å². The maximum Gasteiger partial charge on any atom is 0.105 e. The highest BCUT2D eigenvalue weighted by molar-refractivity contribution is 9.10. The van der Waals surface area contributed by atoms with Gasteiger partial charge in [0.2, 0.25) is 0 Å². The van der Waals surface area contributed by atoms with Crippen molar-refractivity contribution >= 4 is 27.5 Å². The van der Waals surface area contributed by atoms with E-state index >= 15 is 0 Å². The van der Waals surface area contributed by atoms with Gasteiger partial charge < -0.3 is 5.11 Å². The number of rotatable bonds is 2. The van der Waals surface area contributed by atoms with Gasteiger partial charge in [-0.2, -0.15) is 0 Å². The average molecular weight is 312 g/mol. The molecular weight excluding hydrogens is 300 g/mol. The first-order valence-electron chi connectivity index (χ1n) is 5.28. The molecule has 0 amide bonds. The molecule has 0 aliphatic carbocycles. The number of benzene rings is 2. The summed E-state index contributed by atoms with van der Waals surface area (Å²) in [6.45, 7) is 1.96. The van der Waals surface area contributed by atoms with Crippen LogP contribution in [0.4, 0.5) is 0 Å². The van der Waals surface area contributed by atoms with Crippen LogP contribution in [0.5, 0.6) is 0 Å². The van der Waals surface area contributed by atoms with Crippen LogP contribution in [0.15, 0.2) is 46.9 Å². The van der Waals surface area contributed by atoms with Crippen LogP contribution in [0.1, 0.15) is 22.8 Å². The summed E-state index contributed by atoms with van der Waals surface area (Å²) < 4.78 is 0.895. The molecule has 0 fully saturated rings. The van der Waals surface area contributed by atoms with Crippen molar-refractivity contribution in [3.05, 3.63) is 68.7 Å². The van der Waals surface area contributed by atoms with E-state index < -0.39 is 6.10 Å². The van der Waals surface area contributed by atoms with Crippen molar-refractivity contribution in [2.45, 2.75) is 13.0 Å². The second kappa shape index (κ2) is 5.21. The molecule has 17 heavy (non-hydrogen) atoms. The number of aryl methyl sites for hydroxylation is 1. The molecule has 0 bridgehead atoms. The Kier molecular flexibility index (Phi) is 3.87. The molecule has 0 unspecified atom stereocenters. The van der Waals surface area contributed by atoms with E-state index in [9.17, 15) is 5.11 Å². The standard InChI is InChI=1S/C14H12BrClO/c1-9-6-7-10(16)8-12(9)14(17)11-4-2-3-5-13(11)15/h2-8,14,17H,1H3/t14-/m1/s1. The summed E-state index contributed by atoms with van der Waals surface area (Å²) in [6, 6.07) is 13.2. The second-order valence-electron chi connectivity index (χ2n) is 3.92. The molecule has 1 N–H and O–H groups in total. The SMILES string of the molecule is Cc1ccc(Cl)cc1[C@H](O)c1ccccc1Br. The molecule has 3 heteroatoms. The summed E-state index contributed by atoms with van der Waals surface area (Å²) in [5.74, 6) is 0. The lowest BCUT2D eigenvalue weighted by molar-refractivity contribution is 0.219. The van der Waals surface area contributed by atoms with Crippen molar-refractivity contribution in [3.8, 4) is 0 Å². The van der Waals surface area contributed by atoms with Gasteiger partial charge in [-0.1, -0.05) is 51.8 Å². The van der Waals surface area contributed by atoms with E-state index in [4.69, 9.17) is 11.6 Å². The third kappa shape index (κ3) is 2.71. The van der Waals surface area contributed by atoms with Gasteiger partial charge in [0, 0.05) is 9.50 Å².